The van der Waals surface area contributed by atoms with Crippen LogP contribution in [-0.4, -0.2) is 35.7 Å². The first-order chi connectivity index (χ1) is 11.1. The van der Waals surface area contributed by atoms with Gasteiger partial charge in [-0.15, -0.1) is 0 Å². The molecule has 1 aromatic carbocycles. The molecule has 3 rings (SSSR count). The maximum absolute atomic E-state index is 12.1. The van der Waals surface area contributed by atoms with Crippen LogP contribution in [0, 0.1) is 0 Å². The summed E-state index contributed by atoms with van der Waals surface area (Å²) >= 11 is 7.43. The maximum Gasteiger partial charge on any atom is 0.293 e. The Morgan fingerprint density at radius 3 is 2.54 bits per heavy atom. The number of hydrogen-bond acceptors (Lipinski definition) is 4. The molecule has 2 heterocycles. The predicted molar refractivity (Wildman–Crippen MR) is 101 cm³/mol. The van der Waals surface area contributed by atoms with Crippen molar-refractivity contribution in [3.05, 3.63) is 33.2 Å². The van der Waals surface area contributed by atoms with Crippen molar-refractivity contribution in [3.63, 3.8) is 0 Å². The van der Waals surface area contributed by atoms with E-state index in [1.165, 1.54) is 12.6 Å². The van der Waals surface area contributed by atoms with Gasteiger partial charge in [0.05, 0.1) is 4.91 Å². The van der Waals surface area contributed by atoms with Crippen molar-refractivity contribution in [2.45, 2.75) is 38.6 Å². The van der Waals surface area contributed by atoms with E-state index >= 15 is 0 Å². The first kappa shape index (κ1) is 17.4. The molecule has 1 atom stereocenters. The van der Waals surface area contributed by atoms with Crippen molar-refractivity contribution in [1.82, 2.24) is 4.90 Å². The minimum Gasteiger partial charge on any atom is -0.369 e. The molecule has 4 nitrogen and oxygen atoms in total. The van der Waals surface area contributed by atoms with Crippen molar-refractivity contribution in [3.8, 4) is 0 Å². The normalized spacial score (nSPS) is 24.8. The smallest absolute Gasteiger partial charge is 0.293 e. The molecule has 24 heavy (non-hydrogen) atoms. The van der Waals surface area contributed by atoms with Crippen LogP contribution in [-0.2, 0) is 4.79 Å². The van der Waals surface area contributed by atoms with Crippen LogP contribution in [0.2, 0.25) is 5.02 Å². The van der Waals surface area contributed by atoms with Crippen LogP contribution >= 0.6 is 23.4 Å². The molecule has 128 valence electrons. The highest BCUT2D eigenvalue weighted by Crippen LogP contribution is 2.45. The summed E-state index contributed by atoms with van der Waals surface area (Å²) in [5, 5.41) is 0.337. The van der Waals surface area contributed by atoms with E-state index in [4.69, 9.17) is 11.6 Å². The standard InChI is InChI=1S/C18H21ClN2O2S/c1-10-9-18(2,3)21(5)14-8-13(19)11(6-12(10)14)7-15-16(22)20(4)17(23)24-15/h6-8,10H,9H2,1-5H3/b15-7+. The van der Waals surface area contributed by atoms with E-state index in [9.17, 15) is 9.59 Å². The monoisotopic (exact) mass is 364 g/mol. The zero-order valence-corrected chi connectivity index (χ0v) is 16.1. The molecule has 0 aliphatic carbocycles. The van der Waals surface area contributed by atoms with E-state index in [0.717, 1.165) is 34.3 Å². The van der Waals surface area contributed by atoms with Gasteiger partial charge in [-0.2, -0.15) is 0 Å². The van der Waals surface area contributed by atoms with Crippen molar-refractivity contribution >= 4 is 46.3 Å². The SMILES string of the molecule is CC1CC(C)(C)N(C)c2cc(Cl)c(/C=C3/SC(=O)N(C)C3=O)cc21. The molecule has 0 radical (unpaired) electrons. The predicted octanol–water partition coefficient (Wildman–Crippen LogP) is 4.73. The average molecular weight is 365 g/mol. The van der Waals surface area contributed by atoms with Gasteiger partial charge in [0, 0.05) is 30.3 Å². The van der Waals surface area contributed by atoms with Crippen LogP contribution in [0.5, 0.6) is 0 Å². The molecule has 1 aromatic rings. The number of imide groups is 1. The lowest BCUT2D eigenvalue weighted by Crippen LogP contribution is -2.45. The number of anilines is 1. The van der Waals surface area contributed by atoms with Gasteiger partial charge in [0.2, 0.25) is 0 Å². The lowest BCUT2D eigenvalue weighted by atomic mass is 9.80. The fraction of sp³-hybridized carbons (Fsp3) is 0.444. The van der Waals surface area contributed by atoms with Crippen LogP contribution in [0.3, 0.4) is 0 Å². The summed E-state index contributed by atoms with van der Waals surface area (Å²) in [6.07, 6.45) is 2.77. The first-order valence-electron chi connectivity index (χ1n) is 7.90. The Morgan fingerprint density at radius 2 is 1.96 bits per heavy atom. The zero-order valence-electron chi connectivity index (χ0n) is 14.5. The molecule has 0 spiro atoms. The van der Waals surface area contributed by atoms with Crippen LogP contribution in [0.25, 0.3) is 6.08 Å². The molecular weight excluding hydrogens is 344 g/mol. The quantitative estimate of drug-likeness (QED) is 0.675. The van der Waals surface area contributed by atoms with Gasteiger partial charge in [-0.1, -0.05) is 18.5 Å². The van der Waals surface area contributed by atoms with Gasteiger partial charge in [0.1, 0.15) is 0 Å². The minimum absolute atomic E-state index is 0.0716. The summed E-state index contributed by atoms with van der Waals surface area (Å²) in [7, 11) is 3.58. The lowest BCUT2D eigenvalue weighted by Gasteiger charge is -2.45. The van der Waals surface area contributed by atoms with Gasteiger partial charge in [0.25, 0.3) is 11.1 Å². The number of rotatable bonds is 1. The van der Waals surface area contributed by atoms with Crippen LogP contribution in [0.4, 0.5) is 10.5 Å². The summed E-state index contributed by atoms with van der Waals surface area (Å²) < 4.78 is 0. The van der Waals surface area contributed by atoms with Crippen molar-refractivity contribution in [2.24, 2.45) is 0 Å². The van der Waals surface area contributed by atoms with Crippen molar-refractivity contribution in [2.75, 3.05) is 19.0 Å². The lowest BCUT2D eigenvalue weighted by molar-refractivity contribution is -0.121. The highest BCUT2D eigenvalue weighted by atomic mass is 35.5. The van der Waals surface area contributed by atoms with E-state index in [-0.39, 0.29) is 16.7 Å². The molecule has 0 N–H and O–H groups in total. The number of halogens is 1. The Morgan fingerprint density at radius 1 is 1.29 bits per heavy atom. The second-order valence-electron chi connectivity index (χ2n) is 7.15. The number of thioether (sulfide) groups is 1. The number of hydrogen-bond donors (Lipinski definition) is 0. The third-order valence-electron chi connectivity index (χ3n) is 5.03. The second kappa shape index (κ2) is 5.81. The zero-order chi connectivity index (χ0) is 17.8. The number of carbonyl (C=O) groups is 2. The molecule has 0 bridgehead atoms. The van der Waals surface area contributed by atoms with Crippen LogP contribution in [0.1, 0.15) is 44.2 Å². The molecule has 2 aliphatic heterocycles. The molecule has 2 amide bonds. The van der Waals surface area contributed by atoms with Crippen LogP contribution in [0.15, 0.2) is 17.0 Å². The number of carbonyl (C=O) groups excluding carboxylic acids is 2. The molecule has 1 saturated heterocycles. The number of benzene rings is 1. The third-order valence-corrected chi connectivity index (χ3v) is 6.31. The fourth-order valence-electron chi connectivity index (χ4n) is 3.40. The number of nitrogens with zero attached hydrogens (tertiary/aromatic N) is 2. The Balaban J connectivity index is 2.06. The molecule has 0 aromatic heterocycles. The van der Waals surface area contributed by atoms with E-state index in [0.29, 0.717) is 15.8 Å². The average Bonchev–Trinajstić information content (AvgIpc) is 2.73. The summed E-state index contributed by atoms with van der Waals surface area (Å²) in [5.41, 5.74) is 3.21. The highest BCUT2D eigenvalue weighted by Gasteiger charge is 2.35. The Hall–Kier alpha value is -1.46. The van der Waals surface area contributed by atoms with E-state index in [1.54, 1.807) is 6.08 Å². The molecule has 1 fully saturated rings. The number of likely N-dealkylation sites (N-methyl/N-ethyl adjacent to an activating group) is 1. The van der Waals surface area contributed by atoms with Gasteiger partial charge < -0.3 is 4.90 Å². The van der Waals surface area contributed by atoms with Crippen molar-refractivity contribution < 1.29 is 9.59 Å². The summed E-state index contributed by atoms with van der Waals surface area (Å²) in [6.45, 7) is 6.67. The molecule has 6 heteroatoms. The number of fused-ring (bicyclic) bond motifs is 1. The second-order valence-corrected chi connectivity index (χ2v) is 8.55. The van der Waals surface area contributed by atoms with Gasteiger partial charge in [-0.3, -0.25) is 14.5 Å². The molecular formula is C18H21ClN2O2S. The summed E-state index contributed by atoms with van der Waals surface area (Å²) in [5.74, 6) is 0.127. The number of amides is 2. The minimum atomic E-state index is -0.273. The summed E-state index contributed by atoms with van der Waals surface area (Å²) in [6, 6.07) is 4.02. The van der Waals surface area contributed by atoms with E-state index < -0.39 is 0 Å². The van der Waals surface area contributed by atoms with Gasteiger partial charge in [-0.25, -0.2) is 0 Å². The van der Waals surface area contributed by atoms with E-state index in [2.05, 4.69) is 38.8 Å². The summed E-state index contributed by atoms with van der Waals surface area (Å²) in [4.78, 5) is 27.5. The molecule has 0 saturated carbocycles. The van der Waals surface area contributed by atoms with Gasteiger partial charge >= 0.3 is 0 Å². The van der Waals surface area contributed by atoms with Crippen LogP contribution < -0.4 is 4.90 Å². The highest BCUT2D eigenvalue weighted by molar-refractivity contribution is 8.18. The first-order valence-corrected chi connectivity index (χ1v) is 9.10. The van der Waals surface area contributed by atoms with Crippen molar-refractivity contribution in [1.29, 1.82) is 0 Å². The Bertz CT molecular complexity index is 773. The maximum atomic E-state index is 12.1. The Labute approximate surface area is 151 Å². The molecule has 1 unspecified atom stereocenters. The third kappa shape index (κ3) is 2.74. The Kier molecular flexibility index (Phi) is 4.21. The largest absolute Gasteiger partial charge is 0.369 e. The topological polar surface area (TPSA) is 40.6 Å². The van der Waals surface area contributed by atoms with E-state index in [1.807, 2.05) is 6.07 Å². The van der Waals surface area contributed by atoms with Gasteiger partial charge in [-0.05, 0) is 67.3 Å². The fourth-order valence-corrected chi connectivity index (χ4v) is 4.43. The van der Waals surface area contributed by atoms with Gasteiger partial charge in [0.15, 0.2) is 0 Å². The molecule has 2 aliphatic rings.